The molecule has 5 nitrogen and oxygen atoms in total. The summed E-state index contributed by atoms with van der Waals surface area (Å²) in [5.41, 5.74) is 1.21. The van der Waals surface area contributed by atoms with Gasteiger partial charge in [0.05, 0.1) is 18.8 Å². The number of carboxylic acid groups (broad SMARTS) is 1. The third kappa shape index (κ3) is 4.26. The first-order valence-corrected chi connectivity index (χ1v) is 10.5. The maximum absolute atomic E-state index is 10.6. The molecule has 1 unspecified atom stereocenters. The number of ether oxygens (including phenoxy) is 3. The van der Waals surface area contributed by atoms with Gasteiger partial charge in [-0.25, -0.2) is 4.79 Å². The zero-order valence-electron chi connectivity index (χ0n) is 16.4. The quantitative estimate of drug-likeness (QED) is 0.682. The van der Waals surface area contributed by atoms with Gasteiger partial charge in [-0.1, -0.05) is 18.2 Å². The lowest BCUT2D eigenvalue weighted by molar-refractivity contribution is -0.191. The van der Waals surface area contributed by atoms with Crippen molar-refractivity contribution in [3.63, 3.8) is 0 Å². The lowest BCUT2D eigenvalue weighted by Gasteiger charge is -2.53. The molecule has 0 radical (unpaired) electrons. The Morgan fingerprint density at radius 2 is 2.11 bits per heavy atom. The van der Waals surface area contributed by atoms with E-state index in [0.717, 1.165) is 76.8 Å². The molecule has 0 amide bonds. The monoisotopic (exact) mass is 386 g/mol. The molecule has 5 heteroatoms. The molecule has 4 fully saturated rings. The lowest BCUT2D eigenvalue weighted by Crippen LogP contribution is -2.49. The first-order chi connectivity index (χ1) is 13.6. The van der Waals surface area contributed by atoms with E-state index in [4.69, 9.17) is 19.3 Å². The minimum atomic E-state index is -0.874. The molecule has 1 aliphatic carbocycles. The Morgan fingerprint density at radius 1 is 1.25 bits per heavy atom. The average Bonchev–Trinajstić information content (AvgIpc) is 2.74. The molecular weight excluding hydrogens is 356 g/mol. The molecule has 1 aromatic carbocycles. The summed E-state index contributed by atoms with van der Waals surface area (Å²) in [5, 5.41) is 8.74. The molecule has 3 aliphatic heterocycles. The van der Waals surface area contributed by atoms with Gasteiger partial charge in [-0.15, -0.1) is 0 Å². The summed E-state index contributed by atoms with van der Waals surface area (Å²) in [6.45, 7) is 1.53. The second-order valence-corrected chi connectivity index (χ2v) is 8.50. The maximum Gasteiger partial charge on any atom is 0.327 e. The number of carbonyl (C=O) groups is 1. The SMILES string of the molecule is O=C(O)/C=C/CCC12CCC(c3cccc(OC4CCCCO4)c3)(CC1)OC2. The standard InChI is InChI=1S/C23H30O5/c24-20(25)8-1-3-10-22-11-13-23(14-12-22,27-17-22)18-6-5-7-19(16-18)28-21-9-2-4-15-26-21/h1,5-8,16,21H,2-4,9-15,17H2,(H,24,25)/b8-1+. The molecule has 3 heterocycles. The third-order valence-electron chi connectivity index (χ3n) is 6.64. The highest BCUT2D eigenvalue weighted by molar-refractivity contribution is 5.79. The Hall–Kier alpha value is -1.85. The van der Waals surface area contributed by atoms with Crippen LogP contribution in [-0.4, -0.2) is 30.6 Å². The van der Waals surface area contributed by atoms with Crippen LogP contribution in [-0.2, 0) is 19.9 Å². The minimum Gasteiger partial charge on any atom is -0.478 e. The van der Waals surface area contributed by atoms with Crippen LogP contribution in [0.5, 0.6) is 5.75 Å². The highest BCUT2D eigenvalue weighted by Gasteiger charge is 2.50. The fourth-order valence-electron chi connectivity index (χ4n) is 4.84. The van der Waals surface area contributed by atoms with E-state index in [-0.39, 0.29) is 17.3 Å². The molecule has 5 rings (SSSR count). The number of rotatable bonds is 7. The van der Waals surface area contributed by atoms with E-state index in [2.05, 4.69) is 18.2 Å². The molecule has 3 saturated heterocycles. The summed E-state index contributed by atoms with van der Waals surface area (Å²) in [5.74, 6) is -0.00984. The van der Waals surface area contributed by atoms with Crippen molar-refractivity contribution in [3.8, 4) is 5.75 Å². The average molecular weight is 386 g/mol. The molecule has 1 saturated carbocycles. The van der Waals surface area contributed by atoms with Gasteiger partial charge in [0.1, 0.15) is 5.75 Å². The van der Waals surface area contributed by atoms with Crippen LogP contribution < -0.4 is 4.74 Å². The van der Waals surface area contributed by atoms with E-state index >= 15 is 0 Å². The summed E-state index contributed by atoms with van der Waals surface area (Å²) in [6.07, 6.45) is 12.2. The molecule has 0 aromatic heterocycles. The molecule has 1 N–H and O–H groups in total. The van der Waals surface area contributed by atoms with Crippen LogP contribution in [0.3, 0.4) is 0 Å². The number of hydrogen-bond acceptors (Lipinski definition) is 4. The second kappa shape index (κ2) is 8.26. The zero-order chi connectivity index (χ0) is 19.5. The van der Waals surface area contributed by atoms with E-state index < -0.39 is 5.97 Å². The van der Waals surface area contributed by atoms with Crippen LogP contribution in [0.25, 0.3) is 0 Å². The van der Waals surface area contributed by atoms with Gasteiger partial charge >= 0.3 is 5.97 Å². The normalized spacial score (nSPS) is 32.5. The highest BCUT2D eigenvalue weighted by atomic mass is 16.7. The summed E-state index contributed by atoms with van der Waals surface area (Å²) in [4.78, 5) is 10.6. The number of carboxylic acids is 1. The highest BCUT2D eigenvalue weighted by Crippen LogP contribution is 2.55. The predicted octanol–water partition coefficient (Wildman–Crippen LogP) is 4.80. The third-order valence-corrected chi connectivity index (χ3v) is 6.64. The molecule has 1 atom stereocenters. The van der Waals surface area contributed by atoms with Crippen LogP contribution in [0.1, 0.15) is 63.4 Å². The van der Waals surface area contributed by atoms with Crippen LogP contribution >= 0.6 is 0 Å². The van der Waals surface area contributed by atoms with E-state index in [1.54, 1.807) is 6.08 Å². The molecular formula is C23H30O5. The van der Waals surface area contributed by atoms with Gasteiger partial charge in [-0.2, -0.15) is 0 Å². The number of fused-ring (bicyclic) bond motifs is 3. The summed E-state index contributed by atoms with van der Waals surface area (Å²) in [7, 11) is 0. The summed E-state index contributed by atoms with van der Waals surface area (Å²) in [6, 6.07) is 8.34. The Kier molecular flexibility index (Phi) is 5.74. The molecule has 28 heavy (non-hydrogen) atoms. The molecule has 152 valence electrons. The van der Waals surface area contributed by atoms with Crippen molar-refractivity contribution in [2.45, 2.75) is 69.7 Å². The van der Waals surface area contributed by atoms with Crippen molar-refractivity contribution in [2.24, 2.45) is 5.41 Å². The van der Waals surface area contributed by atoms with Crippen molar-refractivity contribution in [1.82, 2.24) is 0 Å². The van der Waals surface area contributed by atoms with Gasteiger partial charge in [0.2, 0.25) is 0 Å². The van der Waals surface area contributed by atoms with Gasteiger partial charge in [-0.3, -0.25) is 0 Å². The summed E-state index contributed by atoms with van der Waals surface area (Å²) >= 11 is 0. The van der Waals surface area contributed by atoms with Gasteiger partial charge < -0.3 is 19.3 Å². The van der Waals surface area contributed by atoms with E-state index in [9.17, 15) is 4.79 Å². The van der Waals surface area contributed by atoms with Crippen LogP contribution in [0, 0.1) is 5.41 Å². The fourth-order valence-corrected chi connectivity index (χ4v) is 4.84. The number of benzene rings is 1. The Morgan fingerprint density at radius 3 is 2.79 bits per heavy atom. The topological polar surface area (TPSA) is 65.0 Å². The lowest BCUT2D eigenvalue weighted by atomic mass is 9.62. The molecule has 1 aromatic rings. The minimum absolute atomic E-state index is 0.133. The van der Waals surface area contributed by atoms with Gasteiger partial charge in [0.25, 0.3) is 0 Å². The zero-order valence-corrected chi connectivity index (χ0v) is 16.4. The number of allylic oxidation sites excluding steroid dienone is 1. The fraction of sp³-hybridized carbons (Fsp3) is 0.609. The number of hydrogen-bond donors (Lipinski definition) is 1. The van der Waals surface area contributed by atoms with Crippen molar-refractivity contribution in [1.29, 1.82) is 0 Å². The summed E-state index contributed by atoms with van der Waals surface area (Å²) < 4.78 is 18.2. The van der Waals surface area contributed by atoms with E-state index in [0.29, 0.717) is 0 Å². The Bertz CT molecular complexity index is 695. The van der Waals surface area contributed by atoms with Crippen molar-refractivity contribution in [2.75, 3.05) is 13.2 Å². The smallest absolute Gasteiger partial charge is 0.327 e. The largest absolute Gasteiger partial charge is 0.478 e. The van der Waals surface area contributed by atoms with Crippen LogP contribution in [0.4, 0.5) is 0 Å². The maximum atomic E-state index is 10.6. The first kappa shape index (κ1) is 19.5. The Labute approximate surface area is 166 Å². The van der Waals surface area contributed by atoms with Crippen LogP contribution in [0.15, 0.2) is 36.4 Å². The van der Waals surface area contributed by atoms with Crippen LogP contribution in [0.2, 0.25) is 0 Å². The van der Waals surface area contributed by atoms with Crippen molar-refractivity contribution >= 4 is 5.97 Å². The van der Waals surface area contributed by atoms with Gasteiger partial charge in [-0.05, 0) is 74.5 Å². The number of aliphatic carboxylic acids is 1. The molecule has 2 bridgehead atoms. The Balaban J connectivity index is 1.38. The van der Waals surface area contributed by atoms with Gasteiger partial charge in [0.15, 0.2) is 6.29 Å². The van der Waals surface area contributed by atoms with Crippen molar-refractivity contribution < 1.29 is 24.1 Å². The van der Waals surface area contributed by atoms with E-state index in [1.165, 1.54) is 11.6 Å². The van der Waals surface area contributed by atoms with Gasteiger partial charge in [0, 0.05) is 12.5 Å². The first-order valence-electron chi connectivity index (χ1n) is 10.5. The molecule has 4 aliphatic rings. The second-order valence-electron chi connectivity index (χ2n) is 8.50. The predicted molar refractivity (Wildman–Crippen MR) is 105 cm³/mol. The van der Waals surface area contributed by atoms with E-state index in [1.807, 2.05) is 6.07 Å². The van der Waals surface area contributed by atoms with Crippen molar-refractivity contribution in [3.05, 3.63) is 42.0 Å². The molecule has 0 spiro atoms.